The second-order valence-corrected chi connectivity index (χ2v) is 7.99. The summed E-state index contributed by atoms with van der Waals surface area (Å²) in [7, 11) is 0. The van der Waals surface area contributed by atoms with Crippen molar-refractivity contribution in [3.05, 3.63) is 34.6 Å². The van der Waals surface area contributed by atoms with Gasteiger partial charge in [0.25, 0.3) is 0 Å². The monoisotopic (exact) mass is 383 g/mol. The van der Waals surface area contributed by atoms with E-state index in [1.165, 1.54) is 31.0 Å². The van der Waals surface area contributed by atoms with Crippen LogP contribution in [0.2, 0.25) is 0 Å². The predicted octanol–water partition coefficient (Wildman–Crippen LogP) is 4.31. The van der Waals surface area contributed by atoms with Gasteiger partial charge in [-0.05, 0) is 44.7 Å². The fourth-order valence-electron chi connectivity index (χ4n) is 3.49. The number of aromatic nitrogens is 3. The average Bonchev–Trinajstić information content (AvgIpc) is 3.13. The molecular weight excluding hydrogens is 358 g/mol. The van der Waals surface area contributed by atoms with Crippen molar-refractivity contribution in [3.8, 4) is 6.07 Å². The Labute approximate surface area is 164 Å². The van der Waals surface area contributed by atoms with Crippen molar-refractivity contribution in [2.45, 2.75) is 63.9 Å². The van der Waals surface area contributed by atoms with E-state index in [9.17, 15) is 10.1 Å². The molecule has 3 rings (SSSR count). The van der Waals surface area contributed by atoms with Crippen LogP contribution in [0.15, 0.2) is 17.3 Å². The summed E-state index contributed by atoms with van der Waals surface area (Å²) in [6.45, 7) is 5.82. The van der Waals surface area contributed by atoms with Crippen LogP contribution < -0.4 is 5.32 Å². The third-order valence-electron chi connectivity index (χ3n) is 5.27. The average molecular weight is 384 g/mol. The van der Waals surface area contributed by atoms with Gasteiger partial charge in [0.2, 0.25) is 5.91 Å². The van der Waals surface area contributed by atoms with Crippen molar-refractivity contribution in [2.24, 2.45) is 0 Å². The molecular formula is C20H25N5OS. The van der Waals surface area contributed by atoms with E-state index in [2.05, 4.69) is 21.5 Å². The Morgan fingerprint density at radius 2 is 2.04 bits per heavy atom. The van der Waals surface area contributed by atoms with Crippen molar-refractivity contribution in [3.63, 3.8) is 0 Å². The van der Waals surface area contributed by atoms with Gasteiger partial charge in [0.1, 0.15) is 16.9 Å². The SMILES string of the molecule is Cc1nc(SCC(=O)Nc2ccnn2C2CCCCC2)c(C#N)c(C)c1C. The van der Waals surface area contributed by atoms with Crippen molar-refractivity contribution in [2.75, 3.05) is 11.1 Å². The van der Waals surface area contributed by atoms with E-state index in [1.54, 1.807) is 6.20 Å². The lowest BCUT2D eigenvalue weighted by Gasteiger charge is -2.23. The number of aryl methyl sites for hydroxylation is 1. The van der Waals surface area contributed by atoms with Gasteiger partial charge in [-0.2, -0.15) is 10.4 Å². The molecule has 6 nitrogen and oxygen atoms in total. The maximum Gasteiger partial charge on any atom is 0.235 e. The van der Waals surface area contributed by atoms with Crippen molar-refractivity contribution in [1.29, 1.82) is 5.26 Å². The number of carbonyl (C=O) groups is 1. The van der Waals surface area contributed by atoms with Gasteiger partial charge < -0.3 is 5.32 Å². The van der Waals surface area contributed by atoms with Crippen LogP contribution in [0.3, 0.4) is 0 Å². The highest BCUT2D eigenvalue weighted by Gasteiger charge is 2.20. The van der Waals surface area contributed by atoms with E-state index in [-0.39, 0.29) is 11.7 Å². The summed E-state index contributed by atoms with van der Waals surface area (Å²) in [5.74, 6) is 0.843. The molecule has 0 unspecified atom stereocenters. The maximum absolute atomic E-state index is 12.5. The molecule has 1 saturated carbocycles. The number of hydrogen-bond acceptors (Lipinski definition) is 5. The van der Waals surface area contributed by atoms with Gasteiger partial charge in [-0.15, -0.1) is 0 Å². The van der Waals surface area contributed by atoms with Crippen molar-refractivity contribution in [1.82, 2.24) is 14.8 Å². The molecule has 1 aliphatic rings. The molecule has 2 heterocycles. The van der Waals surface area contributed by atoms with Crippen molar-refractivity contribution >= 4 is 23.5 Å². The number of nitrogens with zero attached hydrogens (tertiary/aromatic N) is 4. The smallest absolute Gasteiger partial charge is 0.235 e. The highest BCUT2D eigenvalue weighted by Crippen LogP contribution is 2.30. The Hall–Kier alpha value is -2.33. The van der Waals surface area contributed by atoms with E-state index < -0.39 is 0 Å². The molecule has 0 bridgehead atoms. The van der Waals surface area contributed by atoms with Crippen LogP contribution in [-0.4, -0.2) is 26.4 Å². The third-order valence-corrected chi connectivity index (χ3v) is 6.25. The quantitative estimate of drug-likeness (QED) is 0.778. The predicted molar refractivity (Wildman–Crippen MR) is 107 cm³/mol. The van der Waals surface area contributed by atoms with E-state index in [1.807, 2.05) is 31.5 Å². The Morgan fingerprint density at radius 1 is 1.30 bits per heavy atom. The molecule has 0 radical (unpaired) electrons. The van der Waals surface area contributed by atoms with E-state index in [0.29, 0.717) is 16.6 Å². The first-order valence-corrected chi connectivity index (χ1v) is 10.3. The van der Waals surface area contributed by atoms with Crippen LogP contribution in [0, 0.1) is 32.1 Å². The molecule has 1 amide bonds. The summed E-state index contributed by atoms with van der Waals surface area (Å²) in [4.78, 5) is 17.0. The molecule has 7 heteroatoms. The molecule has 0 saturated heterocycles. The minimum Gasteiger partial charge on any atom is -0.310 e. The molecule has 0 spiro atoms. The molecule has 1 N–H and O–H groups in total. The number of rotatable bonds is 5. The normalized spacial score (nSPS) is 14.7. The van der Waals surface area contributed by atoms with E-state index in [0.717, 1.165) is 35.5 Å². The third kappa shape index (κ3) is 4.33. The standard InChI is InChI=1S/C20H25N5OS/c1-13-14(2)17(11-21)20(23-15(13)3)27-12-19(26)24-18-9-10-22-25(18)16-7-5-4-6-8-16/h9-10,16H,4-8,12H2,1-3H3,(H,24,26). The van der Waals surface area contributed by atoms with Gasteiger partial charge in [-0.1, -0.05) is 31.0 Å². The summed E-state index contributed by atoms with van der Waals surface area (Å²) in [6, 6.07) is 4.43. The Kier molecular flexibility index (Phi) is 6.17. The summed E-state index contributed by atoms with van der Waals surface area (Å²) in [5.41, 5.74) is 3.41. The van der Waals surface area contributed by atoms with Gasteiger partial charge in [-0.3, -0.25) is 4.79 Å². The van der Waals surface area contributed by atoms with Crippen LogP contribution >= 0.6 is 11.8 Å². The number of carbonyl (C=O) groups excluding carboxylic acids is 1. The number of pyridine rings is 1. The van der Waals surface area contributed by atoms with Gasteiger partial charge in [-0.25, -0.2) is 9.67 Å². The minimum absolute atomic E-state index is 0.112. The molecule has 27 heavy (non-hydrogen) atoms. The second kappa shape index (κ2) is 8.57. The molecule has 0 atom stereocenters. The van der Waals surface area contributed by atoms with Crippen LogP contribution in [-0.2, 0) is 4.79 Å². The van der Waals surface area contributed by atoms with Crippen LogP contribution in [0.5, 0.6) is 0 Å². The number of thioether (sulfide) groups is 1. The minimum atomic E-state index is -0.112. The fraction of sp³-hybridized carbons (Fsp3) is 0.500. The van der Waals surface area contributed by atoms with E-state index >= 15 is 0 Å². The lowest BCUT2D eigenvalue weighted by atomic mass is 9.96. The first-order chi connectivity index (χ1) is 13.0. The van der Waals surface area contributed by atoms with Crippen LogP contribution in [0.1, 0.15) is 60.5 Å². The molecule has 1 aliphatic carbocycles. The highest BCUT2D eigenvalue weighted by molar-refractivity contribution is 8.00. The summed E-state index contributed by atoms with van der Waals surface area (Å²) < 4.78 is 1.95. The lowest BCUT2D eigenvalue weighted by Crippen LogP contribution is -2.21. The maximum atomic E-state index is 12.5. The zero-order valence-corrected chi connectivity index (χ0v) is 16.9. The number of nitriles is 1. The Balaban J connectivity index is 1.66. The molecule has 0 aromatic carbocycles. The molecule has 0 aliphatic heterocycles. The van der Waals surface area contributed by atoms with Crippen LogP contribution in [0.4, 0.5) is 5.82 Å². The second-order valence-electron chi connectivity index (χ2n) is 7.03. The van der Waals surface area contributed by atoms with Gasteiger partial charge in [0.15, 0.2) is 0 Å². The Morgan fingerprint density at radius 3 is 2.74 bits per heavy atom. The number of amides is 1. The van der Waals surface area contributed by atoms with E-state index in [4.69, 9.17) is 0 Å². The number of hydrogen-bond donors (Lipinski definition) is 1. The molecule has 2 aromatic heterocycles. The zero-order valence-electron chi connectivity index (χ0n) is 16.1. The number of anilines is 1. The topological polar surface area (TPSA) is 83.6 Å². The fourth-order valence-corrected chi connectivity index (χ4v) is 4.37. The first-order valence-electron chi connectivity index (χ1n) is 9.35. The van der Waals surface area contributed by atoms with Crippen molar-refractivity contribution < 1.29 is 4.79 Å². The summed E-state index contributed by atoms with van der Waals surface area (Å²) in [5, 5.41) is 17.4. The summed E-state index contributed by atoms with van der Waals surface area (Å²) >= 11 is 1.30. The first kappa shape index (κ1) is 19.4. The number of nitrogens with one attached hydrogen (secondary N) is 1. The molecule has 142 valence electrons. The Bertz CT molecular complexity index is 877. The largest absolute Gasteiger partial charge is 0.310 e. The van der Waals surface area contributed by atoms with Crippen LogP contribution in [0.25, 0.3) is 0 Å². The molecule has 1 fully saturated rings. The lowest BCUT2D eigenvalue weighted by molar-refractivity contribution is -0.113. The summed E-state index contributed by atoms with van der Waals surface area (Å²) in [6.07, 6.45) is 7.65. The highest BCUT2D eigenvalue weighted by atomic mass is 32.2. The van der Waals surface area contributed by atoms with Gasteiger partial charge in [0, 0.05) is 11.8 Å². The zero-order chi connectivity index (χ0) is 19.4. The van der Waals surface area contributed by atoms with Gasteiger partial charge >= 0.3 is 0 Å². The molecule has 2 aromatic rings. The van der Waals surface area contributed by atoms with Gasteiger partial charge in [0.05, 0.1) is 23.6 Å².